The Hall–Kier alpha value is -3.23. The molecule has 0 bridgehead atoms. The predicted octanol–water partition coefficient (Wildman–Crippen LogP) is -0.193. The number of ether oxygens (including phenoxy) is 2. The Bertz CT molecular complexity index is 1020. The van der Waals surface area contributed by atoms with Crippen LogP contribution in [0.4, 0.5) is 0 Å². The quantitative estimate of drug-likeness (QED) is 0.662. The molecule has 0 radical (unpaired) electrons. The van der Waals surface area contributed by atoms with E-state index in [-0.39, 0.29) is 23.8 Å². The van der Waals surface area contributed by atoms with Crippen LogP contribution in [0.1, 0.15) is 0 Å². The zero-order valence-electron chi connectivity index (χ0n) is 11.4. The van der Waals surface area contributed by atoms with E-state index in [4.69, 9.17) is 9.47 Å². The predicted molar refractivity (Wildman–Crippen MR) is 74.8 cm³/mol. The number of aromatic amines is 1. The molecule has 1 aliphatic heterocycles. The smallest absolute Gasteiger partial charge is 0.329 e. The lowest BCUT2D eigenvalue weighted by Gasteiger charge is -2.03. The fourth-order valence-electron chi connectivity index (χ4n) is 2.15. The molecule has 0 unspecified atom stereocenters. The molecule has 1 aromatic carbocycles. The summed E-state index contributed by atoms with van der Waals surface area (Å²) in [4.78, 5) is 30.3. The third-order valence-corrected chi connectivity index (χ3v) is 3.35. The van der Waals surface area contributed by atoms with Crippen molar-refractivity contribution >= 4 is 11.2 Å². The molecule has 110 valence electrons. The molecule has 0 saturated carbocycles. The van der Waals surface area contributed by atoms with E-state index in [1.807, 2.05) is 0 Å². The summed E-state index contributed by atoms with van der Waals surface area (Å²) in [5.74, 6) is 1.48. The summed E-state index contributed by atoms with van der Waals surface area (Å²) in [6, 6.07) is 5.18. The summed E-state index contributed by atoms with van der Waals surface area (Å²) >= 11 is 0. The Balaban J connectivity index is 1.93. The minimum absolute atomic E-state index is 0.0461. The van der Waals surface area contributed by atoms with Crippen LogP contribution in [0.2, 0.25) is 0 Å². The summed E-state index contributed by atoms with van der Waals surface area (Å²) in [5, 5.41) is 7.80. The molecule has 0 atom stereocenters. The highest BCUT2D eigenvalue weighted by atomic mass is 16.7. The van der Waals surface area contributed by atoms with Crippen molar-refractivity contribution in [1.29, 1.82) is 0 Å². The van der Waals surface area contributed by atoms with Gasteiger partial charge in [-0.05, 0) is 18.2 Å². The SMILES string of the molecule is Cn1c(=O)[nH]c2nnc(-c3ccc4c(c3)OCO4)nc2c1=O. The lowest BCUT2D eigenvalue weighted by molar-refractivity contribution is 0.174. The molecule has 3 heterocycles. The molecular weight excluding hydrogens is 290 g/mol. The summed E-state index contributed by atoms with van der Waals surface area (Å²) in [7, 11) is 1.36. The van der Waals surface area contributed by atoms with Crippen LogP contribution < -0.4 is 20.7 Å². The third kappa shape index (κ3) is 1.75. The van der Waals surface area contributed by atoms with Gasteiger partial charge in [0.25, 0.3) is 5.56 Å². The van der Waals surface area contributed by atoms with Gasteiger partial charge in [-0.2, -0.15) is 0 Å². The second kappa shape index (κ2) is 4.38. The molecule has 0 fully saturated rings. The van der Waals surface area contributed by atoms with E-state index in [0.29, 0.717) is 17.1 Å². The number of fused-ring (bicyclic) bond motifs is 2. The molecule has 3 aromatic rings. The maximum Gasteiger partial charge on any atom is 0.329 e. The first kappa shape index (κ1) is 12.5. The van der Waals surface area contributed by atoms with Gasteiger partial charge >= 0.3 is 5.69 Å². The average Bonchev–Trinajstić information content (AvgIpc) is 3.00. The first-order valence-corrected chi connectivity index (χ1v) is 6.37. The number of aromatic nitrogens is 5. The van der Waals surface area contributed by atoms with Gasteiger partial charge in [0.1, 0.15) is 0 Å². The molecule has 0 amide bonds. The monoisotopic (exact) mass is 299 g/mol. The van der Waals surface area contributed by atoms with Gasteiger partial charge < -0.3 is 9.47 Å². The Morgan fingerprint density at radius 3 is 2.86 bits per heavy atom. The fourth-order valence-corrected chi connectivity index (χ4v) is 2.15. The Morgan fingerprint density at radius 2 is 2.00 bits per heavy atom. The minimum Gasteiger partial charge on any atom is -0.454 e. The van der Waals surface area contributed by atoms with Gasteiger partial charge in [0.2, 0.25) is 6.79 Å². The van der Waals surface area contributed by atoms with Crippen LogP contribution in [0.3, 0.4) is 0 Å². The standard InChI is InChI=1S/C13H9N5O4/c1-18-12(19)9-11(15-13(18)20)17-16-10(14-9)6-2-3-7-8(4-6)22-5-21-7/h2-4H,5H2,1H3,(H,15,17,20). The van der Waals surface area contributed by atoms with E-state index in [9.17, 15) is 9.59 Å². The van der Waals surface area contributed by atoms with Crippen LogP contribution in [-0.2, 0) is 7.05 Å². The third-order valence-electron chi connectivity index (χ3n) is 3.35. The summed E-state index contributed by atoms with van der Waals surface area (Å²) in [6.45, 7) is 0.164. The van der Waals surface area contributed by atoms with Gasteiger partial charge in [-0.1, -0.05) is 0 Å². The molecular formula is C13H9N5O4. The molecule has 1 aliphatic rings. The van der Waals surface area contributed by atoms with Crippen LogP contribution in [0, 0.1) is 0 Å². The summed E-state index contributed by atoms with van der Waals surface area (Å²) < 4.78 is 11.5. The summed E-state index contributed by atoms with van der Waals surface area (Å²) in [5.41, 5.74) is -0.366. The van der Waals surface area contributed by atoms with E-state index in [0.717, 1.165) is 4.57 Å². The van der Waals surface area contributed by atoms with Crippen molar-refractivity contribution in [3.05, 3.63) is 39.0 Å². The number of nitrogens with one attached hydrogen (secondary N) is 1. The van der Waals surface area contributed by atoms with Gasteiger partial charge in [-0.25, -0.2) is 9.78 Å². The Morgan fingerprint density at radius 1 is 1.18 bits per heavy atom. The number of hydrogen-bond donors (Lipinski definition) is 1. The van der Waals surface area contributed by atoms with E-state index in [2.05, 4.69) is 20.2 Å². The highest BCUT2D eigenvalue weighted by molar-refractivity contribution is 5.71. The zero-order chi connectivity index (χ0) is 15.3. The fraction of sp³-hybridized carbons (Fsp3) is 0.154. The molecule has 0 spiro atoms. The Kier molecular flexibility index (Phi) is 2.49. The van der Waals surface area contributed by atoms with Crippen LogP contribution in [0.15, 0.2) is 27.8 Å². The maximum atomic E-state index is 12.1. The first-order chi connectivity index (χ1) is 10.6. The number of nitrogens with zero attached hydrogens (tertiary/aromatic N) is 4. The minimum atomic E-state index is -0.565. The molecule has 2 aromatic heterocycles. The highest BCUT2D eigenvalue weighted by Gasteiger charge is 2.16. The van der Waals surface area contributed by atoms with Gasteiger partial charge in [0, 0.05) is 12.6 Å². The van der Waals surface area contributed by atoms with Gasteiger partial charge in [0.15, 0.2) is 28.5 Å². The number of rotatable bonds is 1. The van der Waals surface area contributed by atoms with Gasteiger partial charge in [0.05, 0.1) is 0 Å². The second-order valence-electron chi connectivity index (χ2n) is 4.69. The topological polar surface area (TPSA) is 112 Å². The van der Waals surface area contributed by atoms with E-state index in [1.165, 1.54) is 7.05 Å². The van der Waals surface area contributed by atoms with Crippen molar-refractivity contribution in [1.82, 2.24) is 24.7 Å². The molecule has 1 N–H and O–H groups in total. The second-order valence-corrected chi connectivity index (χ2v) is 4.69. The molecule has 0 aliphatic carbocycles. The molecule has 0 saturated heterocycles. The normalized spacial score (nSPS) is 12.8. The lowest BCUT2D eigenvalue weighted by Crippen LogP contribution is -2.33. The zero-order valence-corrected chi connectivity index (χ0v) is 11.4. The van der Waals surface area contributed by atoms with Crippen molar-refractivity contribution in [3.63, 3.8) is 0 Å². The van der Waals surface area contributed by atoms with E-state index >= 15 is 0 Å². The highest BCUT2D eigenvalue weighted by Crippen LogP contribution is 2.34. The molecule has 9 heteroatoms. The van der Waals surface area contributed by atoms with Crippen molar-refractivity contribution in [3.8, 4) is 22.9 Å². The molecule has 22 heavy (non-hydrogen) atoms. The van der Waals surface area contributed by atoms with Crippen molar-refractivity contribution < 1.29 is 9.47 Å². The van der Waals surface area contributed by atoms with Crippen LogP contribution in [0.25, 0.3) is 22.6 Å². The first-order valence-electron chi connectivity index (χ1n) is 6.37. The van der Waals surface area contributed by atoms with Crippen molar-refractivity contribution in [2.45, 2.75) is 0 Å². The number of benzene rings is 1. The molecule has 4 rings (SSSR count). The summed E-state index contributed by atoms with van der Waals surface area (Å²) in [6.07, 6.45) is 0. The van der Waals surface area contributed by atoms with Crippen LogP contribution in [0.5, 0.6) is 11.5 Å². The lowest BCUT2D eigenvalue weighted by atomic mass is 10.2. The van der Waals surface area contributed by atoms with Gasteiger partial charge in [-0.15, -0.1) is 10.2 Å². The number of hydrogen-bond acceptors (Lipinski definition) is 7. The largest absolute Gasteiger partial charge is 0.454 e. The van der Waals surface area contributed by atoms with Crippen LogP contribution >= 0.6 is 0 Å². The van der Waals surface area contributed by atoms with E-state index < -0.39 is 11.2 Å². The van der Waals surface area contributed by atoms with Crippen molar-refractivity contribution in [2.24, 2.45) is 7.05 Å². The average molecular weight is 299 g/mol. The Labute approximate surface area is 122 Å². The number of H-pyrrole nitrogens is 1. The van der Waals surface area contributed by atoms with E-state index in [1.54, 1.807) is 18.2 Å². The maximum absolute atomic E-state index is 12.1. The van der Waals surface area contributed by atoms with Crippen molar-refractivity contribution in [2.75, 3.05) is 6.79 Å². The van der Waals surface area contributed by atoms with Crippen LogP contribution in [-0.4, -0.2) is 31.5 Å². The molecule has 9 nitrogen and oxygen atoms in total. The van der Waals surface area contributed by atoms with Gasteiger partial charge in [-0.3, -0.25) is 14.3 Å².